The molecule has 0 aromatic carbocycles. The third-order valence-corrected chi connectivity index (χ3v) is 6.53. The van der Waals surface area contributed by atoms with Gasteiger partial charge in [-0.3, -0.25) is 19.9 Å². The van der Waals surface area contributed by atoms with Crippen LogP contribution in [-0.2, 0) is 4.79 Å². The lowest BCUT2D eigenvalue weighted by molar-refractivity contribution is -0.118. The number of imidazole rings is 1. The van der Waals surface area contributed by atoms with Crippen LogP contribution in [0.15, 0.2) is 43.0 Å². The van der Waals surface area contributed by atoms with Gasteiger partial charge in [0.25, 0.3) is 0 Å². The van der Waals surface area contributed by atoms with Crippen molar-refractivity contribution in [2.45, 2.75) is 33.1 Å². The summed E-state index contributed by atoms with van der Waals surface area (Å²) in [5.74, 6) is 1.42. The van der Waals surface area contributed by atoms with Crippen molar-refractivity contribution in [3.63, 3.8) is 0 Å². The van der Waals surface area contributed by atoms with Gasteiger partial charge in [-0.2, -0.15) is 5.10 Å². The van der Waals surface area contributed by atoms with Crippen molar-refractivity contribution in [2.75, 3.05) is 23.3 Å². The van der Waals surface area contributed by atoms with Gasteiger partial charge in [0.2, 0.25) is 5.91 Å². The van der Waals surface area contributed by atoms with Crippen LogP contribution in [0, 0.1) is 5.92 Å². The van der Waals surface area contributed by atoms with Crippen molar-refractivity contribution in [3.05, 3.63) is 43.0 Å². The molecule has 0 unspecified atom stereocenters. The molecule has 5 aromatic rings. The number of carbonyl (C=O) groups is 1. The van der Waals surface area contributed by atoms with E-state index in [9.17, 15) is 4.79 Å². The number of nitrogens with zero attached hydrogens (tertiary/aromatic N) is 6. The summed E-state index contributed by atoms with van der Waals surface area (Å²) in [5.41, 5.74) is 5.47. The van der Waals surface area contributed by atoms with E-state index in [-0.39, 0.29) is 11.8 Å². The number of H-pyrrole nitrogens is 2. The molecule has 36 heavy (non-hydrogen) atoms. The van der Waals surface area contributed by atoms with Gasteiger partial charge >= 0.3 is 0 Å². The van der Waals surface area contributed by atoms with Gasteiger partial charge in [-0.1, -0.05) is 13.8 Å². The second-order valence-corrected chi connectivity index (χ2v) is 9.46. The fourth-order valence-corrected chi connectivity index (χ4v) is 4.56. The Bertz CT molecular complexity index is 1560. The molecule has 10 heteroatoms. The highest BCUT2D eigenvalue weighted by atomic mass is 16.1. The number of aromatic amines is 2. The van der Waals surface area contributed by atoms with Crippen LogP contribution in [0.2, 0.25) is 0 Å². The first-order valence-electron chi connectivity index (χ1n) is 12.3. The minimum atomic E-state index is -0.119. The van der Waals surface area contributed by atoms with E-state index in [0.717, 1.165) is 52.1 Å². The SMILES string of the molecule is CC(C)C(=O)Nc1cncc(-c2cc3c(-c4nc5c(N6CCCCC6)nccc5[nH]4)n[nH]c3cn2)c1. The minimum absolute atomic E-state index is 0.0576. The van der Waals surface area contributed by atoms with Crippen LogP contribution in [0.4, 0.5) is 11.5 Å². The molecular formula is C26H27N9O. The smallest absolute Gasteiger partial charge is 0.226 e. The van der Waals surface area contributed by atoms with Crippen LogP contribution in [-0.4, -0.2) is 54.1 Å². The van der Waals surface area contributed by atoms with E-state index in [2.05, 4.69) is 40.3 Å². The fraction of sp³-hybridized carbons (Fsp3) is 0.308. The van der Waals surface area contributed by atoms with E-state index in [1.54, 1.807) is 18.6 Å². The van der Waals surface area contributed by atoms with Crippen molar-refractivity contribution in [1.29, 1.82) is 0 Å². The number of hydrogen-bond donors (Lipinski definition) is 3. The molecule has 1 aliphatic heterocycles. The summed E-state index contributed by atoms with van der Waals surface area (Å²) in [4.78, 5) is 36.3. The van der Waals surface area contributed by atoms with Gasteiger partial charge in [-0.15, -0.1) is 0 Å². The average Bonchev–Trinajstić information content (AvgIpc) is 3.53. The third kappa shape index (κ3) is 4.04. The summed E-state index contributed by atoms with van der Waals surface area (Å²) in [6.07, 6.45) is 10.6. The molecule has 1 fully saturated rings. The van der Waals surface area contributed by atoms with Gasteiger partial charge in [-0.25, -0.2) is 9.97 Å². The van der Waals surface area contributed by atoms with Crippen molar-refractivity contribution in [2.24, 2.45) is 5.92 Å². The maximum absolute atomic E-state index is 12.1. The summed E-state index contributed by atoms with van der Waals surface area (Å²) in [6.45, 7) is 5.71. The molecule has 0 atom stereocenters. The number of anilines is 2. The number of amides is 1. The molecule has 0 spiro atoms. The Labute approximate surface area is 207 Å². The predicted octanol–water partition coefficient (Wildman–Crippen LogP) is 4.54. The lowest BCUT2D eigenvalue weighted by Crippen LogP contribution is -2.30. The number of aromatic nitrogens is 7. The molecule has 10 nitrogen and oxygen atoms in total. The second-order valence-electron chi connectivity index (χ2n) is 9.46. The second kappa shape index (κ2) is 9.03. The number of carbonyl (C=O) groups excluding carboxylic acids is 1. The van der Waals surface area contributed by atoms with Crippen LogP contribution in [0.25, 0.3) is 44.7 Å². The van der Waals surface area contributed by atoms with E-state index in [1.807, 2.05) is 38.2 Å². The van der Waals surface area contributed by atoms with Crippen LogP contribution < -0.4 is 10.2 Å². The summed E-state index contributed by atoms with van der Waals surface area (Å²) < 4.78 is 0. The Kier molecular flexibility index (Phi) is 5.55. The third-order valence-electron chi connectivity index (χ3n) is 6.53. The Morgan fingerprint density at radius 1 is 1.06 bits per heavy atom. The van der Waals surface area contributed by atoms with Gasteiger partial charge in [0, 0.05) is 42.4 Å². The highest BCUT2D eigenvalue weighted by molar-refractivity contribution is 5.96. The van der Waals surface area contributed by atoms with Crippen molar-refractivity contribution < 1.29 is 4.79 Å². The standard InChI is InChI=1S/C26H27N9O/c1-15(2)26(36)30-17-10-16(12-27-13-17)20-11-18-21(14-29-20)33-34-22(18)24-31-19-6-7-28-25(23(19)32-24)35-8-4-3-5-9-35/h6-7,10-15H,3-5,8-9H2,1-2H3,(H,30,36)(H,31,32)(H,33,34). The summed E-state index contributed by atoms with van der Waals surface area (Å²) in [5, 5.41) is 11.4. The molecule has 182 valence electrons. The quantitative estimate of drug-likeness (QED) is 0.336. The molecule has 1 aliphatic rings. The normalized spacial score (nSPS) is 14.1. The van der Waals surface area contributed by atoms with Crippen LogP contribution >= 0.6 is 0 Å². The van der Waals surface area contributed by atoms with Crippen LogP contribution in [0.5, 0.6) is 0 Å². The van der Waals surface area contributed by atoms with Crippen LogP contribution in [0.1, 0.15) is 33.1 Å². The molecule has 6 rings (SSSR count). The molecule has 1 saturated heterocycles. The summed E-state index contributed by atoms with van der Waals surface area (Å²) in [6, 6.07) is 5.79. The van der Waals surface area contributed by atoms with E-state index >= 15 is 0 Å². The monoisotopic (exact) mass is 481 g/mol. The Hall–Kier alpha value is -4.34. The van der Waals surface area contributed by atoms with Crippen molar-refractivity contribution >= 4 is 39.3 Å². The van der Waals surface area contributed by atoms with E-state index < -0.39 is 0 Å². The number of piperidine rings is 1. The summed E-state index contributed by atoms with van der Waals surface area (Å²) in [7, 11) is 0. The summed E-state index contributed by atoms with van der Waals surface area (Å²) >= 11 is 0. The zero-order valence-corrected chi connectivity index (χ0v) is 20.2. The molecule has 0 aliphatic carbocycles. The zero-order valence-electron chi connectivity index (χ0n) is 20.2. The Balaban J connectivity index is 1.38. The first-order valence-corrected chi connectivity index (χ1v) is 12.3. The number of nitrogens with one attached hydrogen (secondary N) is 3. The lowest BCUT2D eigenvalue weighted by atomic mass is 10.1. The highest BCUT2D eigenvalue weighted by Crippen LogP contribution is 2.32. The molecule has 0 saturated carbocycles. The molecular weight excluding hydrogens is 454 g/mol. The van der Waals surface area contributed by atoms with Gasteiger partial charge in [-0.05, 0) is 37.5 Å². The largest absolute Gasteiger partial charge is 0.355 e. The molecule has 5 aromatic heterocycles. The van der Waals surface area contributed by atoms with Crippen LogP contribution in [0.3, 0.4) is 0 Å². The minimum Gasteiger partial charge on any atom is -0.355 e. The maximum Gasteiger partial charge on any atom is 0.226 e. The fourth-order valence-electron chi connectivity index (χ4n) is 4.56. The molecule has 0 bridgehead atoms. The Morgan fingerprint density at radius 2 is 1.92 bits per heavy atom. The molecule has 6 heterocycles. The van der Waals surface area contributed by atoms with Crippen molar-refractivity contribution in [1.82, 2.24) is 35.1 Å². The number of rotatable bonds is 5. The zero-order chi connectivity index (χ0) is 24.6. The van der Waals surface area contributed by atoms with Gasteiger partial charge in [0.1, 0.15) is 11.2 Å². The Morgan fingerprint density at radius 3 is 2.75 bits per heavy atom. The van der Waals surface area contributed by atoms with E-state index in [4.69, 9.17) is 4.98 Å². The number of pyridine rings is 3. The highest BCUT2D eigenvalue weighted by Gasteiger charge is 2.20. The number of fused-ring (bicyclic) bond motifs is 2. The number of hydrogen-bond acceptors (Lipinski definition) is 7. The predicted molar refractivity (Wildman–Crippen MR) is 140 cm³/mol. The van der Waals surface area contributed by atoms with Gasteiger partial charge in [0.05, 0.1) is 34.8 Å². The van der Waals surface area contributed by atoms with Gasteiger partial charge in [0.15, 0.2) is 11.6 Å². The van der Waals surface area contributed by atoms with Crippen molar-refractivity contribution in [3.8, 4) is 22.8 Å². The average molecular weight is 482 g/mol. The first-order chi connectivity index (χ1) is 17.6. The van der Waals surface area contributed by atoms with E-state index in [1.165, 1.54) is 19.3 Å². The molecule has 0 radical (unpaired) electrons. The maximum atomic E-state index is 12.1. The molecule has 1 amide bonds. The topological polar surface area (TPSA) is 128 Å². The first kappa shape index (κ1) is 22.1. The lowest BCUT2D eigenvalue weighted by Gasteiger charge is -2.27. The molecule has 3 N–H and O–H groups in total. The van der Waals surface area contributed by atoms with Gasteiger partial charge < -0.3 is 15.2 Å². The van der Waals surface area contributed by atoms with E-state index in [0.29, 0.717) is 17.2 Å².